The predicted molar refractivity (Wildman–Crippen MR) is 43.9 cm³/mol. The van der Waals surface area contributed by atoms with Crippen LogP contribution >= 0.6 is 0 Å². The lowest BCUT2D eigenvalue weighted by Gasteiger charge is -2.08. The minimum absolute atomic E-state index is 0.329. The fraction of sp³-hybridized carbons (Fsp3) is 0.125. The first-order chi connectivity index (χ1) is 6.57. The number of esters is 1. The van der Waals surface area contributed by atoms with Crippen LogP contribution < -0.4 is 5.11 Å². The standard InChI is InChI=1S/C8H7NO5/c1-14-8(11)5-3-2-4-6(10)7(5)9(12)13/h2-4,10H,1H3/p-1. The highest BCUT2D eigenvalue weighted by Crippen LogP contribution is 2.27. The fourth-order valence-electron chi connectivity index (χ4n) is 0.985. The van der Waals surface area contributed by atoms with Crippen LogP contribution in [0.25, 0.3) is 0 Å². The minimum Gasteiger partial charge on any atom is -0.868 e. The number of ether oxygens (including phenoxy) is 1. The van der Waals surface area contributed by atoms with Crippen molar-refractivity contribution in [1.29, 1.82) is 0 Å². The molecule has 0 amide bonds. The number of carbonyl (C=O) groups is 1. The van der Waals surface area contributed by atoms with Crippen LogP contribution in [0.4, 0.5) is 5.69 Å². The average Bonchev–Trinajstić information content (AvgIpc) is 2.15. The lowest BCUT2D eigenvalue weighted by molar-refractivity contribution is -0.398. The normalized spacial score (nSPS) is 9.50. The van der Waals surface area contributed by atoms with E-state index in [1.807, 2.05) is 0 Å². The minimum atomic E-state index is -0.894. The third-order valence-electron chi connectivity index (χ3n) is 1.59. The average molecular weight is 196 g/mol. The van der Waals surface area contributed by atoms with Gasteiger partial charge in [0.15, 0.2) is 0 Å². The summed E-state index contributed by atoms with van der Waals surface area (Å²) < 4.78 is 4.30. The van der Waals surface area contributed by atoms with E-state index in [4.69, 9.17) is 0 Å². The second-order valence-corrected chi connectivity index (χ2v) is 2.40. The number of hydrogen-bond donors (Lipinski definition) is 0. The van der Waals surface area contributed by atoms with Crippen LogP contribution in [0.15, 0.2) is 18.2 Å². The summed E-state index contributed by atoms with van der Waals surface area (Å²) in [6.45, 7) is 0. The van der Waals surface area contributed by atoms with Crippen molar-refractivity contribution in [3.05, 3.63) is 33.9 Å². The van der Waals surface area contributed by atoms with Crippen LogP contribution in [0.1, 0.15) is 10.4 Å². The highest BCUT2D eigenvalue weighted by Gasteiger charge is 2.20. The van der Waals surface area contributed by atoms with E-state index in [-0.39, 0.29) is 5.56 Å². The fourth-order valence-corrected chi connectivity index (χ4v) is 0.985. The first-order valence-electron chi connectivity index (χ1n) is 3.60. The van der Waals surface area contributed by atoms with Crippen LogP contribution in [0.5, 0.6) is 5.75 Å². The Bertz CT molecular complexity index is 387. The molecule has 1 aromatic carbocycles. The molecule has 0 saturated carbocycles. The molecule has 0 saturated heterocycles. The second-order valence-electron chi connectivity index (χ2n) is 2.40. The third-order valence-corrected chi connectivity index (χ3v) is 1.59. The number of methoxy groups -OCH3 is 1. The molecule has 0 fully saturated rings. The van der Waals surface area contributed by atoms with E-state index < -0.39 is 22.3 Å². The topological polar surface area (TPSA) is 92.5 Å². The maximum Gasteiger partial charge on any atom is 0.344 e. The zero-order valence-corrected chi connectivity index (χ0v) is 7.22. The molecule has 0 aromatic heterocycles. The van der Waals surface area contributed by atoms with Crippen molar-refractivity contribution >= 4 is 11.7 Å². The summed E-state index contributed by atoms with van der Waals surface area (Å²) in [5, 5.41) is 21.5. The van der Waals surface area contributed by atoms with Gasteiger partial charge in [-0.1, -0.05) is 12.1 Å². The van der Waals surface area contributed by atoms with E-state index in [1.165, 1.54) is 12.1 Å². The van der Waals surface area contributed by atoms with E-state index >= 15 is 0 Å². The molecule has 0 unspecified atom stereocenters. The highest BCUT2D eigenvalue weighted by molar-refractivity contribution is 5.94. The van der Waals surface area contributed by atoms with Crippen LogP contribution in [0.3, 0.4) is 0 Å². The Morgan fingerprint density at radius 1 is 1.50 bits per heavy atom. The molecule has 6 nitrogen and oxygen atoms in total. The molecule has 0 radical (unpaired) electrons. The monoisotopic (exact) mass is 196 g/mol. The van der Waals surface area contributed by atoms with Crippen molar-refractivity contribution in [2.75, 3.05) is 7.11 Å². The van der Waals surface area contributed by atoms with Crippen molar-refractivity contribution in [3.63, 3.8) is 0 Å². The summed E-state index contributed by atoms with van der Waals surface area (Å²) in [4.78, 5) is 20.6. The Hall–Kier alpha value is -2.11. The Morgan fingerprint density at radius 3 is 2.64 bits per heavy atom. The Morgan fingerprint density at radius 2 is 2.14 bits per heavy atom. The molecule has 0 aliphatic heterocycles. The van der Waals surface area contributed by atoms with E-state index in [1.54, 1.807) is 0 Å². The lowest BCUT2D eigenvalue weighted by Crippen LogP contribution is -2.08. The molecule has 0 atom stereocenters. The molecule has 14 heavy (non-hydrogen) atoms. The zero-order chi connectivity index (χ0) is 10.7. The van der Waals surface area contributed by atoms with Gasteiger partial charge in [0.05, 0.1) is 12.0 Å². The third kappa shape index (κ3) is 1.63. The molecule has 0 spiro atoms. The number of nitro groups is 1. The zero-order valence-electron chi connectivity index (χ0n) is 7.22. The number of carbonyl (C=O) groups excluding carboxylic acids is 1. The maximum absolute atomic E-state index is 11.1. The van der Waals surface area contributed by atoms with E-state index in [0.29, 0.717) is 0 Å². The summed E-state index contributed by atoms with van der Waals surface area (Å²) in [7, 11) is 1.09. The Balaban J connectivity index is 3.35. The predicted octanol–water partition coefficient (Wildman–Crippen LogP) is 0.455. The first-order valence-corrected chi connectivity index (χ1v) is 3.60. The van der Waals surface area contributed by atoms with Crippen molar-refractivity contribution in [1.82, 2.24) is 0 Å². The summed E-state index contributed by atoms with van der Waals surface area (Å²) in [6, 6.07) is 3.46. The number of para-hydroxylation sites is 1. The van der Waals surface area contributed by atoms with Crippen LogP contribution in [0.2, 0.25) is 0 Å². The molecule has 0 N–H and O–H groups in total. The number of nitro benzene ring substituents is 1. The molecule has 1 aromatic rings. The summed E-state index contributed by atoms with van der Waals surface area (Å²) >= 11 is 0. The summed E-state index contributed by atoms with van der Waals surface area (Å²) in [6.07, 6.45) is 0. The van der Waals surface area contributed by atoms with E-state index in [2.05, 4.69) is 4.74 Å². The van der Waals surface area contributed by atoms with Gasteiger partial charge in [0.2, 0.25) is 0 Å². The SMILES string of the molecule is COC(=O)c1cccc([O-])c1[N+](=O)[O-]. The Labute approximate surface area is 78.9 Å². The van der Waals surface area contributed by atoms with Crippen LogP contribution in [-0.2, 0) is 4.74 Å². The van der Waals surface area contributed by atoms with E-state index in [0.717, 1.165) is 13.2 Å². The second kappa shape index (κ2) is 3.73. The van der Waals surface area contributed by atoms with Gasteiger partial charge in [-0.25, -0.2) is 4.79 Å². The van der Waals surface area contributed by atoms with Crippen molar-refractivity contribution in [2.45, 2.75) is 0 Å². The van der Waals surface area contributed by atoms with Gasteiger partial charge in [-0.15, -0.1) is 0 Å². The number of rotatable bonds is 2. The van der Waals surface area contributed by atoms with Gasteiger partial charge in [0.1, 0.15) is 5.56 Å². The number of benzene rings is 1. The summed E-state index contributed by atoms with van der Waals surface area (Å²) in [5.74, 6) is -1.70. The number of nitrogens with zero attached hydrogens (tertiary/aromatic N) is 1. The Kier molecular flexibility index (Phi) is 2.66. The van der Waals surface area contributed by atoms with Gasteiger partial charge in [-0.2, -0.15) is 0 Å². The van der Waals surface area contributed by atoms with Gasteiger partial charge in [-0.05, 0) is 11.8 Å². The maximum atomic E-state index is 11.1. The van der Waals surface area contributed by atoms with Gasteiger partial charge >= 0.3 is 5.97 Å². The lowest BCUT2D eigenvalue weighted by atomic mass is 10.1. The van der Waals surface area contributed by atoms with Gasteiger partial charge in [0, 0.05) is 0 Å². The molecule has 0 aliphatic rings. The molecule has 6 heteroatoms. The number of hydrogen-bond acceptors (Lipinski definition) is 5. The smallest absolute Gasteiger partial charge is 0.344 e. The molecule has 0 heterocycles. The molecular formula is C8H6NO5-. The molecule has 0 bridgehead atoms. The van der Waals surface area contributed by atoms with Gasteiger partial charge < -0.3 is 9.84 Å². The van der Waals surface area contributed by atoms with E-state index in [9.17, 15) is 20.0 Å². The van der Waals surface area contributed by atoms with Crippen molar-refractivity contribution in [2.24, 2.45) is 0 Å². The highest BCUT2D eigenvalue weighted by atomic mass is 16.6. The summed E-state index contributed by atoms with van der Waals surface area (Å²) in [5.41, 5.74) is -1.08. The van der Waals surface area contributed by atoms with Crippen molar-refractivity contribution < 1.29 is 19.6 Å². The molecular weight excluding hydrogens is 190 g/mol. The van der Waals surface area contributed by atoms with Gasteiger partial charge in [0.25, 0.3) is 5.69 Å². The first kappa shape index (κ1) is 9.97. The largest absolute Gasteiger partial charge is 0.868 e. The van der Waals surface area contributed by atoms with Crippen LogP contribution in [0, 0.1) is 10.1 Å². The molecule has 74 valence electrons. The quantitative estimate of drug-likeness (QED) is 0.389. The van der Waals surface area contributed by atoms with Crippen LogP contribution in [-0.4, -0.2) is 18.0 Å². The van der Waals surface area contributed by atoms with Crippen molar-refractivity contribution in [3.8, 4) is 5.75 Å². The molecule has 1 rings (SSSR count). The van der Waals surface area contributed by atoms with Gasteiger partial charge in [-0.3, -0.25) is 10.1 Å². The molecule has 0 aliphatic carbocycles.